The van der Waals surface area contributed by atoms with Gasteiger partial charge in [-0.1, -0.05) is 29.3 Å². The van der Waals surface area contributed by atoms with Gasteiger partial charge in [-0.05, 0) is 45.4 Å². The summed E-state index contributed by atoms with van der Waals surface area (Å²) in [5.74, 6) is 3.72. The number of rotatable bonds is 8. The highest BCUT2D eigenvalue weighted by Gasteiger charge is 2.16. The average Bonchev–Trinajstić information content (AvgIpc) is 3.04. The molecular weight excluding hydrogens is 388 g/mol. The summed E-state index contributed by atoms with van der Waals surface area (Å²) in [6.07, 6.45) is 6.16. The molecule has 144 valence electrons. The predicted octanol–water partition coefficient (Wildman–Crippen LogP) is 4.62. The van der Waals surface area contributed by atoms with Gasteiger partial charge in [-0.2, -0.15) is 0 Å². The summed E-state index contributed by atoms with van der Waals surface area (Å²) in [7, 11) is 0. The third-order valence-corrected chi connectivity index (χ3v) is 4.29. The molecule has 0 aliphatic heterocycles. The Morgan fingerprint density at radius 2 is 2.15 bits per heavy atom. The molecule has 0 aliphatic rings. The molecule has 0 N–H and O–H groups in total. The van der Waals surface area contributed by atoms with Crippen molar-refractivity contribution in [2.45, 2.75) is 44.4 Å². The first-order valence-corrected chi connectivity index (χ1v) is 9.69. The van der Waals surface area contributed by atoms with E-state index in [0.29, 0.717) is 46.0 Å². The molecule has 0 radical (unpaired) electrons. The molecule has 27 heavy (non-hydrogen) atoms. The summed E-state index contributed by atoms with van der Waals surface area (Å²) >= 11 is 7.63. The van der Waals surface area contributed by atoms with E-state index in [0.717, 1.165) is 0 Å². The van der Waals surface area contributed by atoms with Gasteiger partial charge in [0.25, 0.3) is 5.22 Å². The summed E-state index contributed by atoms with van der Waals surface area (Å²) in [4.78, 5) is 11.7. The molecule has 0 bridgehead atoms. The molecule has 1 heterocycles. The molecule has 0 unspecified atom stereocenters. The fourth-order valence-corrected chi connectivity index (χ4v) is 2.98. The number of terminal acetylenes is 1. The van der Waals surface area contributed by atoms with Crippen LogP contribution in [0.5, 0.6) is 5.75 Å². The van der Waals surface area contributed by atoms with Crippen LogP contribution in [0.15, 0.2) is 27.8 Å². The molecule has 0 saturated carbocycles. The Balaban J connectivity index is 1.86. The summed E-state index contributed by atoms with van der Waals surface area (Å²) in [5.41, 5.74) is 0.143. The Bertz CT molecular complexity index is 824. The van der Waals surface area contributed by atoms with Crippen LogP contribution in [0.4, 0.5) is 0 Å². The van der Waals surface area contributed by atoms with Gasteiger partial charge in [0.15, 0.2) is 0 Å². The van der Waals surface area contributed by atoms with Crippen LogP contribution in [-0.2, 0) is 9.53 Å². The highest BCUT2D eigenvalue weighted by Crippen LogP contribution is 2.32. The van der Waals surface area contributed by atoms with Crippen LogP contribution < -0.4 is 4.74 Å². The van der Waals surface area contributed by atoms with Gasteiger partial charge in [0.2, 0.25) is 5.89 Å². The maximum atomic E-state index is 11.7. The summed E-state index contributed by atoms with van der Waals surface area (Å²) in [5, 5.41) is 8.85. The number of aromatic nitrogens is 2. The number of thioether (sulfide) groups is 1. The molecule has 0 amide bonds. The van der Waals surface area contributed by atoms with Gasteiger partial charge in [0.1, 0.15) is 18.0 Å². The standard InChI is InChI=1S/C19H21ClN2O4S/c1-5-10-24-13-8-9-14(15(20)12-13)17-21-22-18(25-17)27-11-6-7-16(23)26-19(2,3)4/h1,8-9,12H,6-7,10-11H2,2-4H3. The zero-order chi connectivity index (χ0) is 19.9. The van der Waals surface area contributed by atoms with Crippen molar-refractivity contribution in [3.8, 4) is 29.5 Å². The number of carbonyl (C=O) groups is 1. The van der Waals surface area contributed by atoms with Gasteiger partial charge in [-0.25, -0.2) is 0 Å². The molecule has 8 heteroatoms. The fourth-order valence-electron chi connectivity index (χ4n) is 2.03. The molecule has 2 aromatic rings. The molecule has 1 aromatic carbocycles. The number of benzene rings is 1. The Kier molecular flexibility index (Phi) is 7.57. The maximum Gasteiger partial charge on any atom is 0.306 e. The van der Waals surface area contributed by atoms with Crippen LogP contribution in [-0.4, -0.2) is 34.1 Å². The number of halogens is 1. The van der Waals surface area contributed by atoms with Gasteiger partial charge >= 0.3 is 5.97 Å². The first-order valence-electron chi connectivity index (χ1n) is 8.33. The van der Waals surface area contributed by atoms with E-state index in [1.165, 1.54) is 11.8 Å². The van der Waals surface area contributed by atoms with E-state index in [-0.39, 0.29) is 12.6 Å². The van der Waals surface area contributed by atoms with Crippen molar-refractivity contribution in [1.29, 1.82) is 0 Å². The van der Waals surface area contributed by atoms with Crippen LogP contribution in [0.3, 0.4) is 0 Å². The van der Waals surface area contributed by atoms with E-state index in [1.807, 2.05) is 20.8 Å². The molecule has 0 atom stereocenters. The van der Waals surface area contributed by atoms with Gasteiger partial charge in [0.05, 0.1) is 10.6 Å². The Hall–Kier alpha value is -2.17. The second-order valence-electron chi connectivity index (χ2n) is 6.55. The van der Waals surface area contributed by atoms with Crippen molar-refractivity contribution in [1.82, 2.24) is 10.2 Å². The van der Waals surface area contributed by atoms with Crippen LogP contribution in [0.2, 0.25) is 5.02 Å². The minimum absolute atomic E-state index is 0.167. The number of carbonyl (C=O) groups excluding carboxylic acids is 1. The Labute approximate surface area is 168 Å². The van der Waals surface area contributed by atoms with E-state index < -0.39 is 5.60 Å². The normalized spacial score (nSPS) is 11.1. The van der Waals surface area contributed by atoms with Gasteiger partial charge < -0.3 is 13.9 Å². The van der Waals surface area contributed by atoms with Crippen molar-refractivity contribution in [2.24, 2.45) is 0 Å². The first-order chi connectivity index (χ1) is 12.8. The molecule has 0 saturated heterocycles. The van der Waals surface area contributed by atoms with Crippen LogP contribution in [0, 0.1) is 12.3 Å². The molecular formula is C19H21ClN2O4S. The number of hydrogen-bond donors (Lipinski definition) is 0. The van der Waals surface area contributed by atoms with Crippen LogP contribution in [0.1, 0.15) is 33.6 Å². The smallest absolute Gasteiger partial charge is 0.306 e. The largest absolute Gasteiger partial charge is 0.481 e. The van der Waals surface area contributed by atoms with Crippen molar-refractivity contribution in [3.63, 3.8) is 0 Å². The molecule has 0 spiro atoms. The number of esters is 1. The summed E-state index contributed by atoms with van der Waals surface area (Å²) in [6.45, 7) is 5.70. The number of ether oxygens (including phenoxy) is 2. The van der Waals surface area contributed by atoms with Crippen molar-refractivity contribution in [2.75, 3.05) is 12.4 Å². The monoisotopic (exact) mass is 408 g/mol. The summed E-state index contributed by atoms with van der Waals surface area (Å²) in [6, 6.07) is 5.11. The third kappa shape index (κ3) is 7.16. The fraction of sp³-hybridized carbons (Fsp3) is 0.421. The first kappa shape index (κ1) is 21.1. The second kappa shape index (κ2) is 9.67. The van der Waals surface area contributed by atoms with E-state index in [1.54, 1.807) is 18.2 Å². The lowest BCUT2D eigenvalue weighted by Crippen LogP contribution is -2.23. The van der Waals surface area contributed by atoms with E-state index >= 15 is 0 Å². The van der Waals surface area contributed by atoms with Crippen molar-refractivity contribution in [3.05, 3.63) is 23.2 Å². The van der Waals surface area contributed by atoms with Gasteiger partial charge in [-0.15, -0.1) is 16.6 Å². The molecule has 0 aliphatic carbocycles. The lowest BCUT2D eigenvalue weighted by atomic mass is 10.2. The molecule has 1 aromatic heterocycles. The minimum Gasteiger partial charge on any atom is -0.481 e. The van der Waals surface area contributed by atoms with Crippen molar-refractivity contribution < 1.29 is 18.7 Å². The van der Waals surface area contributed by atoms with Gasteiger partial charge in [-0.3, -0.25) is 4.79 Å². The highest BCUT2D eigenvalue weighted by molar-refractivity contribution is 7.99. The molecule has 6 nitrogen and oxygen atoms in total. The highest BCUT2D eigenvalue weighted by atomic mass is 35.5. The van der Waals surface area contributed by atoms with Crippen LogP contribution in [0.25, 0.3) is 11.5 Å². The Morgan fingerprint density at radius 1 is 1.37 bits per heavy atom. The Morgan fingerprint density at radius 3 is 2.81 bits per heavy atom. The zero-order valence-corrected chi connectivity index (χ0v) is 17.0. The average molecular weight is 409 g/mol. The topological polar surface area (TPSA) is 74.5 Å². The lowest BCUT2D eigenvalue weighted by Gasteiger charge is -2.19. The SMILES string of the molecule is C#CCOc1ccc(-c2nnc(SCCCC(=O)OC(C)(C)C)o2)c(Cl)c1. The molecule has 0 fully saturated rings. The summed E-state index contributed by atoms with van der Waals surface area (Å²) < 4.78 is 16.2. The van der Waals surface area contributed by atoms with Crippen LogP contribution >= 0.6 is 23.4 Å². The quantitative estimate of drug-likeness (QED) is 0.273. The maximum absolute atomic E-state index is 11.7. The molecule has 2 rings (SSSR count). The van der Waals surface area contributed by atoms with E-state index in [4.69, 9.17) is 31.9 Å². The second-order valence-corrected chi connectivity index (χ2v) is 8.00. The lowest BCUT2D eigenvalue weighted by molar-refractivity contribution is -0.154. The number of hydrogen-bond acceptors (Lipinski definition) is 7. The minimum atomic E-state index is -0.466. The van der Waals surface area contributed by atoms with Crippen molar-refractivity contribution >= 4 is 29.3 Å². The predicted molar refractivity (Wildman–Crippen MR) is 105 cm³/mol. The van der Waals surface area contributed by atoms with Gasteiger partial charge in [0, 0.05) is 12.2 Å². The van der Waals surface area contributed by atoms with E-state index in [2.05, 4.69) is 16.1 Å². The zero-order valence-electron chi connectivity index (χ0n) is 15.5. The number of nitrogens with zero attached hydrogens (tertiary/aromatic N) is 2. The van der Waals surface area contributed by atoms with E-state index in [9.17, 15) is 4.79 Å². The third-order valence-electron chi connectivity index (χ3n) is 3.07.